The first-order chi connectivity index (χ1) is 5.38. The normalized spacial score (nSPS) is 37.2. The highest BCUT2D eigenvalue weighted by Crippen LogP contribution is 2.32. The molecule has 0 radical (unpaired) electrons. The van der Waals surface area contributed by atoms with Crippen LogP contribution in [-0.4, -0.2) is 18.3 Å². The predicted octanol–water partition coefficient (Wildman–Crippen LogP) is 2.33. The fraction of sp³-hybridized carbons (Fsp3) is 1.00. The largest absolute Gasteiger partial charge is 0.389 e. The van der Waals surface area contributed by atoms with Gasteiger partial charge in [-0.3, -0.25) is 0 Å². The van der Waals surface area contributed by atoms with Crippen molar-refractivity contribution in [2.75, 3.05) is 0 Å². The highest BCUT2D eigenvalue weighted by Gasteiger charge is 2.38. The maximum Gasteiger partial charge on any atom is 0.389 e. The van der Waals surface area contributed by atoms with Gasteiger partial charge in [-0.1, -0.05) is 0 Å². The van der Waals surface area contributed by atoms with Crippen molar-refractivity contribution in [3.05, 3.63) is 0 Å². The minimum absolute atomic E-state index is 0.00150. The van der Waals surface area contributed by atoms with E-state index >= 15 is 0 Å². The number of rotatable bonds is 1. The molecular weight excluding hydrogens is 167 g/mol. The van der Waals surface area contributed by atoms with E-state index in [0.29, 0.717) is 6.42 Å². The van der Waals surface area contributed by atoms with E-state index in [2.05, 4.69) is 5.32 Å². The van der Waals surface area contributed by atoms with Gasteiger partial charge in [0.1, 0.15) is 0 Å². The fourth-order valence-corrected chi connectivity index (χ4v) is 1.87. The van der Waals surface area contributed by atoms with Crippen molar-refractivity contribution >= 4 is 0 Å². The second-order valence-electron chi connectivity index (χ2n) is 3.67. The van der Waals surface area contributed by atoms with Gasteiger partial charge in [0.2, 0.25) is 0 Å². The van der Waals surface area contributed by atoms with E-state index < -0.39 is 12.6 Å². The van der Waals surface area contributed by atoms with Crippen LogP contribution in [0.25, 0.3) is 0 Å². The molecule has 1 N–H and O–H groups in total. The summed E-state index contributed by atoms with van der Waals surface area (Å²) in [6.45, 7) is 3.74. The van der Waals surface area contributed by atoms with Crippen molar-refractivity contribution in [3.8, 4) is 0 Å². The van der Waals surface area contributed by atoms with Gasteiger partial charge in [0, 0.05) is 18.5 Å². The highest BCUT2D eigenvalue weighted by molar-refractivity contribution is 4.86. The quantitative estimate of drug-likeness (QED) is 0.654. The van der Waals surface area contributed by atoms with Gasteiger partial charge in [-0.05, 0) is 26.2 Å². The van der Waals surface area contributed by atoms with Crippen LogP contribution in [0.2, 0.25) is 0 Å². The molecule has 0 aromatic carbocycles. The lowest BCUT2D eigenvalue weighted by atomic mass is 9.96. The maximum atomic E-state index is 12.0. The van der Waals surface area contributed by atoms with Crippen LogP contribution in [0.1, 0.15) is 26.7 Å². The van der Waals surface area contributed by atoms with Crippen LogP contribution >= 0.6 is 0 Å². The molecule has 3 unspecified atom stereocenters. The first-order valence-corrected chi connectivity index (χ1v) is 4.21. The second kappa shape index (κ2) is 3.24. The summed E-state index contributed by atoms with van der Waals surface area (Å²) in [5.74, 6) is -0.236. The molecule has 1 fully saturated rings. The zero-order valence-corrected chi connectivity index (χ0v) is 7.28. The van der Waals surface area contributed by atoms with Crippen LogP contribution in [0.3, 0.4) is 0 Å². The van der Waals surface area contributed by atoms with Gasteiger partial charge in [0.15, 0.2) is 0 Å². The Bertz CT molecular complexity index is 155. The Balaban J connectivity index is 2.43. The van der Waals surface area contributed by atoms with E-state index in [0.717, 1.165) is 0 Å². The van der Waals surface area contributed by atoms with E-state index in [1.165, 1.54) is 0 Å². The van der Waals surface area contributed by atoms with Crippen LogP contribution in [-0.2, 0) is 0 Å². The van der Waals surface area contributed by atoms with Gasteiger partial charge in [-0.15, -0.1) is 0 Å². The SMILES string of the molecule is CC1CC(CC(F)(F)F)C(C)N1. The lowest BCUT2D eigenvalue weighted by Crippen LogP contribution is -2.28. The summed E-state index contributed by atoms with van der Waals surface area (Å²) in [5.41, 5.74) is 0. The van der Waals surface area contributed by atoms with Crippen LogP contribution in [0.15, 0.2) is 0 Å². The molecule has 3 atom stereocenters. The summed E-state index contributed by atoms with van der Waals surface area (Å²) in [6, 6.07) is 0.231. The van der Waals surface area contributed by atoms with Gasteiger partial charge in [0.05, 0.1) is 0 Å². The van der Waals surface area contributed by atoms with Gasteiger partial charge in [-0.25, -0.2) is 0 Å². The number of hydrogen-bond donors (Lipinski definition) is 1. The third kappa shape index (κ3) is 2.66. The van der Waals surface area contributed by atoms with Gasteiger partial charge < -0.3 is 5.32 Å². The Morgan fingerprint density at radius 3 is 2.25 bits per heavy atom. The van der Waals surface area contributed by atoms with Crippen molar-refractivity contribution in [2.45, 2.75) is 44.9 Å². The molecule has 0 aromatic rings. The molecule has 4 heteroatoms. The molecule has 0 aliphatic carbocycles. The lowest BCUT2D eigenvalue weighted by Gasteiger charge is -2.16. The third-order valence-electron chi connectivity index (χ3n) is 2.40. The minimum Gasteiger partial charge on any atom is -0.311 e. The summed E-state index contributed by atoms with van der Waals surface area (Å²) >= 11 is 0. The van der Waals surface area contributed by atoms with Crippen molar-refractivity contribution < 1.29 is 13.2 Å². The Morgan fingerprint density at radius 1 is 1.33 bits per heavy atom. The number of halogens is 3. The lowest BCUT2D eigenvalue weighted by molar-refractivity contribution is -0.144. The zero-order valence-electron chi connectivity index (χ0n) is 7.28. The molecule has 0 aromatic heterocycles. The smallest absolute Gasteiger partial charge is 0.311 e. The van der Waals surface area contributed by atoms with Crippen molar-refractivity contribution in [1.82, 2.24) is 5.32 Å². The minimum atomic E-state index is -4.01. The zero-order chi connectivity index (χ0) is 9.35. The molecule has 1 heterocycles. The van der Waals surface area contributed by atoms with Crippen molar-refractivity contribution in [1.29, 1.82) is 0 Å². The summed E-state index contributed by atoms with van der Waals surface area (Å²) in [6.07, 6.45) is -4.02. The van der Waals surface area contributed by atoms with Crippen LogP contribution < -0.4 is 5.32 Å². The predicted molar refractivity (Wildman–Crippen MR) is 40.8 cm³/mol. The van der Waals surface area contributed by atoms with Gasteiger partial charge in [-0.2, -0.15) is 13.2 Å². The number of hydrogen-bond acceptors (Lipinski definition) is 1. The van der Waals surface area contributed by atoms with Crippen LogP contribution in [0.5, 0.6) is 0 Å². The summed E-state index contributed by atoms with van der Waals surface area (Å²) in [7, 11) is 0. The topological polar surface area (TPSA) is 12.0 Å². The molecule has 0 spiro atoms. The highest BCUT2D eigenvalue weighted by atomic mass is 19.4. The standard InChI is InChI=1S/C8H14F3N/c1-5-3-7(6(2)12-5)4-8(9,10)11/h5-7,12H,3-4H2,1-2H3. The van der Waals surface area contributed by atoms with E-state index in [-0.39, 0.29) is 18.0 Å². The Labute approximate surface area is 70.3 Å². The molecule has 12 heavy (non-hydrogen) atoms. The number of alkyl halides is 3. The maximum absolute atomic E-state index is 12.0. The molecule has 0 bridgehead atoms. The number of nitrogens with one attached hydrogen (secondary N) is 1. The summed E-state index contributed by atoms with van der Waals surface area (Å²) in [4.78, 5) is 0. The van der Waals surface area contributed by atoms with Crippen molar-refractivity contribution in [2.24, 2.45) is 5.92 Å². The summed E-state index contributed by atoms with van der Waals surface area (Å²) in [5, 5.41) is 3.09. The summed E-state index contributed by atoms with van der Waals surface area (Å²) < 4.78 is 35.9. The molecule has 1 rings (SSSR count). The first kappa shape index (κ1) is 9.84. The van der Waals surface area contributed by atoms with Gasteiger partial charge >= 0.3 is 6.18 Å². The fourth-order valence-electron chi connectivity index (χ4n) is 1.87. The molecule has 0 saturated carbocycles. The molecule has 1 nitrogen and oxygen atoms in total. The molecule has 1 saturated heterocycles. The van der Waals surface area contributed by atoms with E-state index in [9.17, 15) is 13.2 Å². The average Bonchev–Trinajstić information content (AvgIpc) is 2.06. The molecule has 1 aliphatic rings. The van der Waals surface area contributed by atoms with E-state index in [4.69, 9.17) is 0 Å². The molecule has 72 valence electrons. The Morgan fingerprint density at radius 2 is 1.92 bits per heavy atom. The first-order valence-electron chi connectivity index (χ1n) is 4.21. The van der Waals surface area contributed by atoms with Crippen LogP contribution in [0, 0.1) is 5.92 Å². The van der Waals surface area contributed by atoms with E-state index in [1.54, 1.807) is 0 Å². The van der Waals surface area contributed by atoms with Crippen LogP contribution in [0.4, 0.5) is 13.2 Å². The molecule has 0 amide bonds. The monoisotopic (exact) mass is 181 g/mol. The molecule has 1 aliphatic heterocycles. The third-order valence-corrected chi connectivity index (χ3v) is 2.40. The Hall–Kier alpha value is -0.250. The Kier molecular flexibility index (Phi) is 2.66. The molecular formula is C8H14F3N. The van der Waals surface area contributed by atoms with Crippen molar-refractivity contribution in [3.63, 3.8) is 0 Å². The second-order valence-corrected chi connectivity index (χ2v) is 3.67. The van der Waals surface area contributed by atoms with Gasteiger partial charge in [0.25, 0.3) is 0 Å². The van der Waals surface area contributed by atoms with E-state index in [1.807, 2.05) is 13.8 Å². The average molecular weight is 181 g/mol.